The summed E-state index contributed by atoms with van der Waals surface area (Å²) in [7, 11) is 0. The minimum atomic E-state index is -0.378. The van der Waals surface area contributed by atoms with Crippen LogP contribution < -0.4 is 20.6 Å². The third-order valence-corrected chi connectivity index (χ3v) is 8.77. The summed E-state index contributed by atoms with van der Waals surface area (Å²) < 4.78 is 4.90. The molecule has 4 bridgehead atoms. The molecule has 4 nitrogen and oxygen atoms in total. The number of fused-ring (bicyclic) bond motifs is 6. The van der Waals surface area contributed by atoms with E-state index in [2.05, 4.69) is 119 Å². The molecule has 0 saturated heterocycles. The van der Waals surface area contributed by atoms with Crippen molar-refractivity contribution in [1.82, 2.24) is 0 Å². The van der Waals surface area contributed by atoms with Gasteiger partial charge in [0.15, 0.2) is 12.4 Å². The van der Waals surface area contributed by atoms with Gasteiger partial charge in [-0.05, 0) is 12.1 Å². The number of para-hydroxylation sites is 2. The molecule has 176 valence electrons. The molecule has 2 aromatic carbocycles. The Morgan fingerprint density at radius 2 is 0.892 bits per heavy atom. The van der Waals surface area contributed by atoms with E-state index >= 15 is 0 Å². The first-order valence-corrected chi connectivity index (χ1v) is 12.7. The van der Waals surface area contributed by atoms with Crippen molar-refractivity contribution < 1.29 is 9.13 Å². The van der Waals surface area contributed by atoms with Gasteiger partial charge in [0, 0.05) is 46.6 Å². The average molecular weight is 479 g/mol. The molecule has 0 saturated carbocycles. The highest BCUT2D eigenvalue weighted by Crippen LogP contribution is 2.54. The Kier molecular flexibility index (Phi) is 3.85. The monoisotopic (exact) mass is 478 g/mol. The summed E-state index contributed by atoms with van der Waals surface area (Å²) in [6.07, 6.45) is 23.4. The highest BCUT2D eigenvalue weighted by molar-refractivity contribution is 5.88. The van der Waals surface area contributed by atoms with Crippen molar-refractivity contribution in [3.63, 3.8) is 0 Å². The average Bonchev–Trinajstić information content (AvgIpc) is 3.68. The maximum absolute atomic E-state index is 6.46. The second-order valence-electron chi connectivity index (χ2n) is 10.4. The number of pyridine rings is 2. The van der Waals surface area contributed by atoms with E-state index in [-0.39, 0.29) is 11.1 Å². The minimum Gasteiger partial charge on any atom is -0.398 e. The molecule has 0 fully saturated rings. The first kappa shape index (κ1) is 20.5. The van der Waals surface area contributed by atoms with Gasteiger partial charge < -0.3 is 11.5 Å². The van der Waals surface area contributed by atoms with Crippen LogP contribution in [0.1, 0.15) is 6.42 Å². The molecule has 0 amide bonds. The zero-order chi connectivity index (χ0) is 24.8. The lowest BCUT2D eigenvalue weighted by atomic mass is 9.73. The van der Waals surface area contributed by atoms with Crippen molar-refractivity contribution in [1.29, 1.82) is 0 Å². The van der Waals surface area contributed by atoms with E-state index in [0.717, 1.165) is 39.6 Å². The van der Waals surface area contributed by atoms with Gasteiger partial charge in [-0.15, -0.1) is 0 Å². The second kappa shape index (κ2) is 6.95. The van der Waals surface area contributed by atoms with Gasteiger partial charge in [0.1, 0.15) is 0 Å². The summed E-state index contributed by atoms with van der Waals surface area (Å²) in [5, 5.41) is 2.14. The Hall–Kier alpha value is -4.70. The summed E-state index contributed by atoms with van der Waals surface area (Å²) in [6.45, 7) is 0. The lowest BCUT2D eigenvalue weighted by molar-refractivity contribution is -0.758. The van der Waals surface area contributed by atoms with Crippen LogP contribution in [0.2, 0.25) is 0 Å². The fraction of sp³-hybridized carbons (Fsp3) is 0.0909. The number of aromatic nitrogens is 2. The number of hydrogen-bond acceptors (Lipinski definition) is 2. The van der Waals surface area contributed by atoms with E-state index in [1.807, 2.05) is 12.1 Å². The molecule has 8 rings (SSSR count). The van der Waals surface area contributed by atoms with Crippen molar-refractivity contribution >= 4 is 33.2 Å². The van der Waals surface area contributed by atoms with Crippen molar-refractivity contribution in [3.8, 4) is 0 Å². The van der Waals surface area contributed by atoms with Crippen LogP contribution in [-0.2, 0) is 11.1 Å². The smallest absolute Gasteiger partial charge is 0.226 e. The third kappa shape index (κ3) is 2.42. The molecule has 0 atom stereocenters. The predicted molar refractivity (Wildman–Crippen MR) is 148 cm³/mol. The van der Waals surface area contributed by atoms with Gasteiger partial charge in [0.25, 0.3) is 0 Å². The molecule has 4 aromatic rings. The SMILES string of the molecule is Nc1cc[n+](C2(CC3([n+]4ccc(N)c5ccccc54)C4=CC=C3C=C4)C3=CC=C2C=C3)c2ccccc12. The van der Waals surface area contributed by atoms with Gasteiger partial charge in [-0.2, -0.15) is 9.13 Å². The van der Waals surface area contributed by atoms with Gasteiger partial charge in [0.05, 0.1) is 28.6 Å². The molecule has 2 heterocycles. The summed E-state index contributed by atoms with van der Waals surface area (Å²) in [4.78, 5) is 0. The number of nitrogens with zero attached hydrogens (tertiary/aromatic N) is 2. The zero-order valence-electron chi connectivity index (χ0n) is 20.3. The van der Waals surface area contributed by atoms with Crippen molar-refractivity contribution in [3.05, 3.63) is 144 Å². The Morgan fingerprint density at radius 3 is 1.27 bits per heavy atom. The minimum absolute atomic E-state index is 0.378. The van der Waals surface area contributed by atoms with Crippen molar-refractivity contribution in [2.75, 3.05) is 11.5 Å². The first-order valence-electron chi connectivity index (χ1n) is 12.7. The molecule has 0 unspecified atom stereocenters. The molecule has 0 spiro atoms. The van der Waals surface area contributed by atoms with Crippen LogP contribution >= 0.6 is 0 Å². The van der Waals surface area contributed by atoms with Gasteiger partial charge >= 0.3 is 0 Å². The largest absolute Gasteiger partial charge is 0.398 e. The number of benzene rings is 2. The Bertz CT molecular complexity index is 1700. The molecule has 0 aliphatic heterocycles. The molecule has 37 heavy (non-hydrogen) atoms. The Labute approximate surface area is 215 Å². The lowest BCUT2D eigenvalue weighted by Crippen LogP contribution is -2.65. The number of anilines is 2. The maximum Gasteiger partial charge on any atom is 0.226 e. The van der Waals surface area contributed by atoms with Crippen LogP contribution in [0.5, 0.6) is 0 Å². The quantitative estimate of drug-likeness (QED) is 0.402. The summed E-state index contributed by atoms with van der Waals surface area (Å²) in [5.74, 6) is 0. The normalized spacial score (nSPS) is 19.5. The molecule has 2 aromatic heterocycles. The predicted octanol–water partition coefficient (Wildman–Crippen LogP) is 5.09. The summed E-state index contributed by atoms with van der Waals surface area (Å²) in [6, 6.07) is 21.0. The van der Waals surface area contributed by atoms with Crippen LogP contribution in [0.15, 0.2) is 144 Å². The van der Waals surface area contributed by atoms with E-state index < -0.39 is 0 Å². The Morgan fingerprint density at radius 1 is 0.514 bits per heavy atom. The molecule has 4 heteroatoms. The highest BCUT2D eigenvalue weighted by atomic mass is 15.1. The van der Waals surface area contributed by atoms with Crippen LogP contribution in [-0.4, -0.2) is 0 Å². The van der Waals surface area contributed by atoms with E-state index in [4.69, 9.17) is 11.5 Å². The van der Waals surface area contributed by atoms with Crippen LogP contribution in [0.4, 0.5) is 11.4 Å². The number of hydrogen-bond donors (Lipinski definition) is 2. The van der Waals surface area contributed by atoms with E-state index in [0.29, 0.717) is 0 Å². The van der Waals surface area contributed by atoms with Crippen LogP contribution in [0.25, 0.3) is 21.8 Å². The molecular formula is C33H26N4+2. The number of nitrogen functional groups attached to an aromatic ring is 2. The fourth-order valence-corrected chi connectivity index (χ4v) is 7.05. The van der Waals surface area contributed by atoms with E-state index in [1.165, 1.54) is 22.3 Å². The van der Waals surface area contributed by atoms with Crippen LogP contribution in [0.3, 0.4) is 0 Å². The van der Waals surface area contributed by atoms with Gasteiger partial charge in [-0.25, -0.2) is 0 Å². The Balaban J connectivity index is 1.44. The third-order valence-electron chi connectivity index (χ3n) is 8.77. The molecule has 0 radical (unpaired) electrons. The molecule has 4 N–H and O–H groups in total. The molecular weight excluding hydrogens is 452 g/mol. The first-order chi connectivity index (χ1) is 18.1. The summed E-state index contributed by atoms with van der Waals surface area (Å²) in [5.41, 5.74) is 21.2. The van der Waals surface area contributed by atoms with Gasteiger partial charge in [-0.3, -0.25) is 0 Å². The van der Waals surface area contributed by atoms with E-state index in [9.17, 15) is 0 Å². The van der Waals surface area contributed by atoms with Gasteiger partial charge in [0.2, 0.25) is 22.1 Å². The maximum atomic E-state index is 6.46. The standard InChI is InChI=1S/C33H24N4/c34-28-17-19-36(30-7-3-1-5-26(28)30)32(22-9-10-23(32)12-11-22)21-33(24-13-14-25(33)16-15-24)37-20-18-29(35)27-6-2-4-8-31(27)37/h1-20,34-35H,21H2/p+2. The highest BCUT2D eigenvalue weighted by Gasteiger charge is 2.63. The number of allylic oxidation sites excluding steroid dienone is 12. The second-order valence-corrected chi connectivity index (χ2v) is 10.4. The lowest BCUT2D eigenvalue weighted by Gasteiger charge is -2.34. The van der Waals surface area contributed by atoms with Crippen molar-refractivity contribution in [2.45, 2.75) is 17.5 Å². The van der Waals surface area contributed by atoms with Gasteiger partial charge in [-0.1, -0.05) is 72.9 Å². The van der Waals surface area contributed by atoms with Crippen molar-refractivity contribution in [2.24, 2.45) is 0 Å². The summed E-state index contributed by atoms with van der Waals surface area (Å²) >= 11 is 0. The topological polar surface area (TPSA) is 59.8 Å². The van der Waals surface area contributed by atoms with Crippen LogP contribution in [0, 0.1) is 0 Å². The molecule has 4 aliphatic carbocycles. The number of rotatable bonds is 4. The zero-order valence-corrected chi connectivity index (χ0v) is 20.3. The molecule has 4 aliphatic rings. The van der Waals surface area contributed by atoms with E-state index in [1.54, 1.807) is 0 Å². The fourth-order valence-electron chi connectivity index (χ4n) is 7.05. The number of nitrogens with two attached hydrogens (primary N) is 2.